The van der Waals surface area contributed by atoms with Crippen LogP contribution in [0.25, 0.3) is 22.1 Å². The lowest BCUT2D eigenvalue weighted by molar-refractivity contribution is 0.0690. The van der Waals surface area contributed by atoms with Crippen molar-refractivity contribution in [2.45, 2.75) is 32.6 Å². The van der Waals surface area contributed by atoms with Gasteiger partial charge in [-0.2, -0.15) is 17.6 Å². The van der Waals surface area contributed by atoms with Crippen LogP contribution in [0.3, 0.4) is 0 Å². The Labute approximate surface area is 157 Å². The van der Waals surface area contributed by atoms with E-state index in [0.717, 1.165) is 9.13 Å². The molecule has 0 aliphatic heterocycles. The first-order valence-electron chi connectivity index (χ1n) is 8.69. The molecule has 0 fully saturated rings. The SMILES string of the molecule is CC(NCc1nc2ccccc2n1C(F)F)c1nc2ccccc2n1C(F)F. The molecule has 1 N–H and O–H groups in total. The molecule has 0 saturated heterocycles. The van der Waals surface area contributed by atoms with Crippen LogP contribution in [0.5, 0.6) is 0 Å². The average molecular weight is 391 g/mol. The number of rotatable bonds is 6. The van der Waals surface area contributed by atoms with Crippen LogP contribution in [0.1, 0.15) is 37.7 Å². The van der Waals surface area contributed by atoms with E-state index in [0.29, 0.717) is 22.1 Å². The van der Waals surface area contributed by atoms with Crippen molar-refractivity contribution in [3.05, 3.63) is 60.2 Å². The number of hydrogen-bond acceptors (Lipinski definition) is 3. The molecule has 1 atom stereocenters. The molecule has 0 aliphatic carbocycles. The first-order valence-corrected chi connectivity index (χ1v) is 8.69. The van der Waals surface area contributed by atoms with Crippen molar-refractivity contribution in [2.75, 3.05) is 0 Å². The number of alkyl halides is 4. The van der Waals surface area contributed by atoms with Gasteiger partial charge in [0, 0.05) is 0 Å². The Morgan fingerprint density at radius 2 is 1.36 bits per heavy atom. The van der Waals surface area contributed by atoms with E-state index in [1.807, 2.05) is 0 Å². The second-order valence-corrected chi connectivity index (χ2v) is 6.37. The van der Waals surface area contributed by atoms with Gasteiger partial charge in [0.2, 0.25) is 0 Å². The number of benzene rings is 2. The molecule has 0 spiro atoms. The van der Waals surface area contributed by atoms with Crippen molar-refractivity contribution in [2.24, 2.45) is 0 Å². The van der Waals surface area contributed by atoms with Gasteiger partial charge in [-0.15, -0.1) is 0 Å². The van der Waals surface area contributed by atoms with E-state index in [9.17, 15) is 17.6 Å². The van der Waals surface area contributed by atoms with E-state index >= 15 is 0 Å². The van der Waals surface area contributed by atoms with Crippen molar-refractivity contribution >= 4 is 22.1 Å². The van der Waals surface area contributed by atoms with Gasteiger partial charge in [0.05, 0.1) is 34.7 Å². The molecule has 5 nitrogen and oxygen atoms in total. The summed E-state index contributed by atoms with van der Waals surface area (Å²) < 4.78 is 56.0. The van der Waals surface area contributed by atoms with Crippen molar-refractivity contribution in [1.29, 1.82) is 0 Å². The monoisotopic (exact) mass is 391 g/mol. The van der Waals surface area contributed by atoms with Gasteiger partial charge in [-0.1, -0.05) is 24.3 Å². The number of hydrogen-bond donors (Lipinski definition) is 1. The summed E-state index contributed by atoms with van der Waals surface area (Å²) in [7, 11) is 0. The number of fused-ring (bicyclic) bond motifs is 2. The molecule has 1 unspecified atom stereocenters. The zero-order valence-electron chi connectivity index (χ0n) is 14.9. The summed E-state index contributed by atoms with van der Waals surface area (Å²) in [5.74, 6) is 0.263. The molecule has 2 aromatic heterocycles. The van der Waals surface area contributed by atoms with E-state index in [-0.39, 0.29) is 18.2 Å². The minimum Gasteiger partial charge on any atom is -0.301 e. The van der Waals surface area contributed by atoms with Crippen molar-refractivity contribution in [3.8, 4) is 0 Å². The second kappa shape index (κ2) is 7.23. The van der Waals surface area contributed by atoms with Crippen molar-refractivity contribution in [3.63, 3.8) is 0 Å². The van der Waals surface area contributed by atoms with Gasteiger partial charge in [0.25, 0.3) is 0 Å². The normalized spacial score (nSPS) is 13.2. The Balaban J connectivity index is 1.65. The summed E-state index contributed by atoms with van der Waals surface area (Å²) in [5, 5.41) is 2.99. The molecule has 2 aromatic carbocycles. The Kier molecular flexibility index (Phi) is 4.76. The fraction of sp³-hybridized carbons (Fsp3) is 0.263. The molecule has 146 valence electrons. The summed E-state index contributed by atoms with van der Waals surface area (Å²) in [6.07, 6.45) is 0. The van der Waals surface area contributed by atoms with E-state index in [4.69, 9.17) is 0 Å². The van der Waals surface area contributed by atoms with Crippen LogP contribution < -0.4 is 5.32 Å². The first-order chi connectivity index (χ1) is 13.5. The smallest absolute Gasteiger partial charge is 0.301 e. The van der Waals surface area contributed by atoms with Crippen molar-refractivity contribution in [1.82, 2.24) is 24.4 Å². The van der Waals surface area contributed by atoms with Gasteiger partial charge in [0.1, 0.15) is 11.6 Å². The number of imidazole rings is 2. The summed E-state index contributed by atoms with van der Waals surface area (Å²) in [6, 6.07) is 12.6. The van der Waals surface area contributed by atoms with Gasteiger partial charge in [-0.05, 0) is 31.2 Å². The quantitative estimate of drug-likeness (QED) is 0.469. The fourth-order valence-corrected chi connectivity index (χ4v) is 3.35. The van der Waals surface area contributed by atoms with Crippen LogP contribution in [0, 0.1) is 0 Å². The molecule has 9 heteroatoms. The Hall–Kier alpha value is -2.94. The zero-order valence-corrected chi connectivity index (χ0v) is 14.9. The predicted molar refractivity (Wildman–Crippen MR) is 97.2 cm³/mol. The number of para-hydroxylation sites is 4. The third-order valence-electron chi connectivity index (χ3n) is 4.64. The molecule has 0 aliphatic rings. The maximum atomic E-state index is 13.6. The molecule has 0 saturated carbocycles. The summed E-state index contributed by atoms with van der Waals surface area (Å²) in [6.45, 7) is -3.88. The lowest BCUT2D eigenvalue weighted by Crippen LogP contribution is -2.24. The highest BCUT2D eigenvalue weighted by atomic mass is 19.3. The third kappa shape index (κ3) is 3.11. The largest absolute Gasteiger partial charge is 0.320 e. The maximum Gasteiger partial charge on any atom is 0.320 e. The Bertz CT molecular complexity index is 1120. The van der Waals surface area contributed by atoms with Crippen LogP contribution in [0.4, 0.5) is 17.6 Å². The summed E-state index contributed by atoms with van der Waals surface area (Å²) >= 11 is 0. The lowest BCUT2D eigenvalue weighted by Gasteiger charge is -2.16. The average Bonchev–Trinajstić information content (AvgIpc) is 3.24. The Morgan fingerprint density at radius 3 is 1.96 bits per heavy atom. The standard InChI is InChI=1S/C19H17F4N5/c1-11(17-26-13-7-3-5-9-15(13)28(17)19(22)23)24-10-16-25-12-6-2-4-8-14(12)27(16)18(20)21/h2-9,11,18-19,24H,10H2,1H3. The van der Waals surface area contributed by atoms with E-state index in [1.165, 1.54) is 0 Å². The minimum absolute atomic E-state index is 0.0212. The number of nitrogens with zero attached hydrogens (tertiary/aromatic N) is 4. The molecular formula is C19H17F4N5. The van der Waals surface area contributed by atoms with Gasteiger partial charge < -0.3 is 5.32 Å². The highest BCUT2D eigenvalue weighted by Gasteiger charge is 2.23. The molecular weight excluding hydrogens is 374 g/mol. The van der Waals surface area contributed by atoms with Crippen LogP contribution in [-0.2, 0) is 6.54 Å². The fourth-order valence-electron chi connectivity index (χ4n) is 3.35. The summed E-state index contributed by atoms with van der Waals surface area (Å²) in [5.41, 5.74) is 1.54. The molecule has 4 aromatic rings. The number of halogens is 4. The Morgan fingerprint density at radius 1 is 0.821 bits per heavy atom. The summed E-state index contributed by atoms with van der Waals surface area (Å²) in [4.78, 5) is 8.54. The van der Waals surface area contributed by atoms with Crippen LogP contribution >= 0.6 is 0 Å². The highest BCUT2D eigenvalue weighted by molar-refractivity contribution is 5.76. The molecule has 4 rings (SSSR count). The lowest BCUT2D eigenvalue weighted by atomic mass is 10.3. The van der Waals surface area contributed by atoms with Crippen LogP contribution in [0.2, 0.25) is 0 Å². The maximum absolute atomic E-state index is 13.6. The topological polar surface area (TPSA) is 47.7 Å². The zero-order chi connectivity index (χ0) is 19.8. The molecule has 0 bridgehead atoms. The van der Waals surface area contributed by atoms with Crippen LogP contribution in [-0.4, -0.2) is 19.1 Å². The van der Waals surface area contributed by atoms with Gasteiger partial charge in [0.15, 0.2) is 0 Å². The predicted octanol–water partition coefficient (Wildman–Crippen LogP) is 5.03. The van der Waals surface area contributed by atoms with E-state index < -0.39 is 19.1 Å². The molecule has 0 amide bonds. The third-order valence-corrected chi connectivity index (χ3v) is 4.64. The van der Waals surface area contributed by atoms with E-state index in [2.05, 4.69) is 15.3 Å². The molecule has 28 heavy (non-hydrogen) atoms. The first kappa shape index (κ1) is 18.4. The molecule has 0 radical (unpaired) electrons. The van der Waals surface area contributed by atoms with Crippen LogP contribution in [0.15, 0.2) is 48.5 Å². The number of aromatic nitrogens is 4. The van der Waals surface area contributed by atoms with Gasteiger partial charge in [-0.3, -0.25) is 9.13 Å². The highest BCUT2D eigenvalue weighted by Crippen LogP contribution is 2.27. The van der Waals surface area contributed by atoms with E-state index in [1.54, 1.807) is 55.5 Å². The van der Waals surface area contributed by atoms with Gasteiger partial charge >= 0.3 is 13.1 Å². The number of nitrogens with one attached hydrogen (secondary N) is 1. The van der Waals surface area contributed by atoms with Gasteiger partial charge in [-0.25, -0.2) is 9.97 Å². The molecule has 2 heterocycles. The van der Waals surface area contributed by atoms with Crippen molar-refractivity contribution < 1.29 is 17.6 Å². The second-order valence-electron chi connectivity index (χ2n) is 6.37. The minimum atomic E-state index is -2.77.